The molecule has 4 nitrogen and oxygen atoms in total. The van der Waals surface area contributed by atoms with Crippen molar-refractivity contribution >= 4 is 23.4 Å². The molecule has 0 spiro atoms. The predicted octanol–water partition coefficient (Wildman–Crippen LogP) is 6.80. The van der Waals surface area contributed by atoms with Gasteiger partial charge in [-0.25, -0.2) is 0 Å². The van der Waals surface area contributed by atoms with E-state index >= 15 is 0 Å². The highest BCUT2D eigenvalue weighted by Gasteiger charge is 2.16. The third kappa shape index (κ3) is 5.89. The summed E-state index contributed by atoms with van der Waals surface area (Å²) in [5, 5.41) is 15.9. The molecule has 1 atom stereocenters. The summed E-state index contributed by atoms with van der Waals surface area (Å²) in [5.74, 6) is -0.420. The summed E-state index contributed by atoms with van der Waals surface area (Å²) in [7, 11) is 0. The van der Waals surface area contributed by atoms with E-state index in [9.17, 15) is 10.1 Å². The van der Waals surface area contributed by atoms with Gasteiger partial charge in [-0.15, -0.1) is 0 Å². The fourth-order valence-corrected chi connectivity index (χ4v) is 5.14. The van der Waals surface area contributed by atoms with Gasteiger partial charge in [-0.05, 0) is 73.1 Å². The second-order valence-corrected chi connectivity index (χ2v) is 9.51. The average Bonchev–Trinajstić information content (AvgIpc) is 2.88. The fraction of sp³-hybridized carbons (Fsp3) is 0.241. The van der Waals surface area contributed by atoms with Gasteiger partial charge in [-0.3, -0.25) is 4.79 Å². The summed E-state index contributed by atoms with van der Waals surface area (Å²) in [6, 6.07) is 26.4. The molecule has 1 unspecified atom stereocenters. The number of carbonyl (C=O) groups is 1. The summed E-state index contributed by atoms with van der Waals surface area (Å²) in [5.41, 5.74) is 4.81. The zero-order valence-electron chi connectivity index (χ0n) is 19.4. The number of hydrogen-bond donors (Lipinski definition) is 2. The van der Waals surface area contributed by atoms with Gasteiger partial charge < -0.3 is 10.6 Å². The van der Waals surface area contributed by atoms with Gasteiger partial charge in [0.05, 0.1) is 11.7 Å². The molecule has 0 heterocycles. The Labute approximate surface area is 206 Å². The number of nitrogens with one attached hydrogen (secondary N) is 2. The molecule has 1 aliphatic rings. The third-order valence-corrected chi connectivity index (χ3v) is 7.17. The van der Waals surface area contributed by atoms with Crippen molar-refractivity contribution in [1.82, 2.24) is 5.32 Å². The van der Waals surface area contributed by atoms with Crippen LogP contribution >= 0.6 is 11.8 Å². The van der Waals surface area contributed by atoms with E-state index in [0.717, 1.165) is 29.1 Å². The Morgan fingerprint density at radius 2 is 1.76 bits per heavy atom. The SMILES string of the molecule is CCC(N/C=C(/C#N)C(=O)Nc1ccccc1Sc1ccccc1)c1ccc2c(c1)CCCC2. The van der Waals surface area contributed by atoms with Crippen molar-refractivity contribution in [2.75, 3.05) is 5.32 Å². The van der Waals surface area contributed by atoms with Crippen LogP contribution in [0.15, 0.2) is 94.4 Å². The van der Waals surface area contributed by atoms with Crippen LogP contribution in [-0.4, -0.2) is 5.91 Å². The molecule has 0 saturated heterocycles. The molecule has 1 aliphatic carbocycles. The molecule has 172 valence electrons. The molecule has 0 radical (unpaired) electrons. The van der Waals surface area contributed by atoms with Crippen LogP contribution in [0.3, 0.4) is 0 Å². The van der Waals surface area contributed by atoms with E-state index in [1.165, 1.54) is 29.5 Å². The Hall–Kier alpha value is -3.49. The van der Waals surface area contributed by atoms with Crippen molar-refractivity contribution in [3.8, 4) is 6.07 Å². The van der Waals surface area contributed by atoms with Gasteiger partial charge in [0.25, 0.3) is 5.91 Å². The minimum absolute atomic E-state index is 0.0456. The standard InChI is InChI=1S/C29H29N3OS/c1-2-26(23-17-16-21-10-6-7-11-22(21)18-23)31-20-24(19-30)29(33)32-27-14-8-9-15-28(27)34-25-12-4-3-5-13-25/h3-5,8-9,12-18,20,26,31H,2,6-7,10-11H2,1H3,(H,32,33)/b24-20-. The van der Waals surface area contributed by atoms with E-state index in [-0.39, 0.29) is 11.6 Å². The first-order chi connectivity index (χ1) is 16.7. The highest BCUT2D eigenvalue weighted by atomic mass is 32.2. The lowest BCUT2D eigenvalue weighted by Crippen LogP contribution is -2.20. The smallest absolute Gasteiger partial charge is 0.267 e. The molecule has 0 bridgehead atoms. The van der Waals surface area contributed by atoms with Gasteiger partial charge in [0, 0.05) is 16.0 Å². The first kappa shape index (κ1) is 23.7. The van der Waals surface area contributed by atoms with Crippen molar-refractivity contribution in [2.45, 2.75) is 54.9 Å². The van der Waals surface area contributed by atoms with Gasteiger partial charge in [-0.1, -0.05) is 67.2 Å². The number of para-hydroxylation sites is 1. The van der Waals surface area contributed by atoms with Crippen molar-refractivity contribution in [2.24, 2.45) is 0 Å². The lowest BCUT2D eigenvalue weighted by molar-refractivity contribution is -0.112. The molecule has 4 rings (SSSR count). The molecule has 3 aromatic rings. The number of fused-ring (bicyclic) bond motifs is 1. The first-order valence-corrected chi connectivity index (χ1v) is 12.6. The largest absolute Gasteiger partial charge is 0.383 e. The molecule has 1 amide bonds. The molecule has 3 aromatic carbocycles. The van der Waals surface area contributed by atoms with E-state index in [0.29, 0.717) is 5.69 Å². The van der Waals surface area contributed by atoms with Gasteiger partial charge in [0.1, 0.15) is 11.6 Å². The Morgan fingerprint density at radius 3 is 2.53 bits per heavy atom. The summed E-state index contributed by atoms with van der Waals surface area (Å²) in [6.45, 7) is 2.11. The lowest BCUT2D eigenvalue weighted by atomic mass is 9.89. The molecule has 0 fully saturated rings. The van der Waals surface area contributed by atoms with Crippen LogP contribution in [0.4, 0.5) is 5.69 Å². The van der Waals surface area contributed by atoms with Gasteiger partial charge in [0.2, 0.25) is 0 Å². The lowest BCUT2D eigenvalue weighted by Gasteiger charge is -2.21. The maximum atomic E-state index is 12.9. The van der Waals surface area contributed by atoms with E-state index in [1.54, 1.807) is 18.0 Å². The number of hydrogen-bond acceptors (Lipinski definition) is 4. The highest BCUT2D eigenvalue weighted by Crippen LogP contribution is 2.33. The molecular formula is C29H29N3OS. The predicted molar refractivity (Wildman–Crippen MR) is 139 cm³/mol. The monoisotopic (exact) mass is 467 g/mol. The third-order valence-electron chi connectivity index (χ3n) is 6.08. The van der Waals surface area contributed by atoms with Crippen LogP contribution in [0.25, 0.3) is 0 Å². The number of carbonyl (C=O) groups excluding carboxylic acids is 1. The number of anilines is 1. The second kappa shape index (κ2) is 11.6. The molecule has 0 aliphatic heterocycles. The van der Waals surface area contributed by atoms with Gasteiger partial charge >= 0.3 is 0 Å². The molecular weight excluding hydrogens is 438 g/mol. The summed E-state index contributed by atoms with van der Waals surface area (Å²) < 4.78 is 0. The number of nitriles is 1. The quantitative estimate of drug-likeness (QED) is 0.282. The van der Waals surface area contributed by atoms with E-state index in [2.05, 4.69) is 41.8 Å². The Bertz CT molecular complexity index is 1210. The van der Waals surface area contributed by atoms with Crippen LogP contribution in [0, 0.1) is 11.3 Å². The van der Waals surface area contributed by atoms with Crippen molar-refractivity contribution < 1.29 is 4.79 Å². The second-order valence-electron chi connectivity index (χ2n) is 8.40. The summed E-state index contributed by atoms with van der Waals surface area (Å²) in [6.07, 6.45) is 7.19. The maximum absolute atomic E-state index is 12.9. The summed E-state index contributed by atoms with van der Waals surface area (Å²) in [4.78, 5) is 14.9. The molecule has 0 saturated carbocycles. The average molecular weight is 468 g/mol. The highest BCUT2D eigenvalue weighted by molar-refractivity contribution is 7.99. The number of benzene rings is 3. The minimum atomic E-state index is -0.420. The zero-order chi connectivity index (χ0) is 23.8. The minimum Gasteiger partial charge on any atom is -0.383 e. The fourth-order valence-electron chi connectivity index (χ4n) is 4.22. The molecule has 5 heteroatoms. The van der Waals surface area contributed by atoms with Crippen LogP contribution in [0.2, 0.25) is 0 Å². The Kier molecular flexibility index (Phi) is 8.06. The topological polar surface area (TPSA) is 64.9 Å². The number of aryl methyl sites for hydroxylation is 2. The Balaban J connectivity index is 1.46. The van der Waals surface area contributed by atoms with E-state index in [1.807, 2.05) is 54.6 Å². The van der Waals surface area contributed by atoms with Crippen LogP contribution in [0.5, 0.6) is 0 Å². The number of nitrogens with zero attached hydrogens (tertiary/aromatic N) is 1. The molecule has 34 heavy (non-hydrogen) atoms. The first-order valence-electron chi connectivity index (χ1n) is 11.8. The summed E-state index contributed by atoms with van der Waals surface area (Å²) >= 11 is 1.57. The van der Waals surface area contributed by atoms with Crippen LogP contribution in [0.1, 0.15) is 48.9 Å². The Morgan fingerprint density at radius 1 is 1.03 bits per heavy atom. The van der Waals surface area contributed by atoms with E-state index in [4.69, 9.17) is 0 Å². The van der Waals surface area contributed by atoms with Gasteiger partial charge in [0.15, 0.2) is 0 Å². The molecule has 2 N–H and O–H groups in total. The zero-order valence-corrected chi connectivity index (χ0v) is 20.2. The normalized spacial score (nSPS) is 13.9. The van der Waals surface area contributed by atoms with Crippen molar-refractivity contribution in [3.05, 3.63) is 101 Å². The maximum Gasteiger partial charge on any atom is 0.267 e. The van der Waals surface area contributed by atoms with E-state index < -0.39 is 5.91 Å². The number of rotatable bonds is 8. The molecule has 0 aromatic heterocycles. The van der Waals surface area contributed by atoms with Crippen molar-refractivity contribution in [1.29, 1.82) is 5.26 Å². The van der Waals surface area contributed by atoms with Crippen LogP contribution < -0.4 is 10.6 Å². The number of amides is 1. The van der Waals surface area contributed by atoms with Crippen molar-refractivity contribution in [3.63, 3.8) is 0 Å². The van der Waals surface area contributed by atoms with Gasteiger partial charge in [-0.2, -0.15) is 5.26 Å². The van der Waals surface area contributed by atoms with Crippen LogP contribution in [-0.2, 0) is 17.6 Å².